The number of halogens is 1. The molecule has 0 atom stereocenters. The average Bonchev–Trinajstić information content (AvgIpc) is 2.84. The molecule has 6 heteroatoms. The quantitative estimate of drug-likeness (QED) is 0.879. The Morgan fingerprint density at radius 3 is 2.75 bits per heavy atom. The van der Waals surface area contributed by atoms with Crippen LogP contribution >= 0.6 is 27.3 Å². The molecule has 4 nitrogen and oxygen atoms in total. The lowest BCUT2D eigenvalue weighted by Crippen LogP contribution is -1.92. The van der Waals surface area contributed by atoms with Crippen LogP contribution in [0, 0.1) is 0 Å². The number of ether oxygens (including phenoxy) is 2. The highest BCUT2D eigenvalue weighted by Gasteiger charge is 2.18. The van der Waals surface area contributed by atoms with Gasteiger partial charge >= 0.3 is 0 Å². The predicted octanol–water partition coefficient (Wildman–Crippen LogP) is 2.88. The Bertz CT molecular complexity index is 556. The zero-order chi connectivity index (χ0) is 11.1. The summed E-state index contributed by atoms with van der Waals surface area (Å²) >= 11 is 4.90. The van der Waals surface area contributed by atoms with Crippen LogP contribution in [0.25, 0.3) is 11.3 Å². The van der Waals surface area contributed by atoms with E-state index in [1.54, 1.807) is 0 Å². The monoisotopic (exact) mass is 298 g/mol. The molecule has 0 saturated heterocycles. The molecule has 2 heterocycles. The van der Waals surface area contributed by atoms with Crippen molar-refractivity contribution in [3.05, 3.63) is 22.0 Å². The van der Waals surface area contributed by atoms with Gasteiger partial charge in [0.25, 0.3) is 0 Å². The van der Waals surface area contributed by atoms with E-state index in [0.717, 1.165) is 27.2 Å². The van der Waals surface area contributed by atoms with Crippen LogP contribution in [-0.4, -0.2) is 11.8 Å². The summed E-state index contributed by atoms with van der Waals surface area (Å²) < 4.78 is 11.5. The van der Waals surface area contributed by atoms with Crippen molar-refractivity contribution in [1.82, 2.24) is 4.98 Å². The first-order valence-corrected chi connectivity index (χ1v) is 6.22. The Kier molecular flexibility index (Phi) is 2.26. The molecular weight excluding hydrogens is 292 g/mol. The molecule has 0 unspecified atom stereocenters. The van der Waals surface area contributed by atoms with Gasteiger partial charge in [-0.2, -0.15) is 0 Å². The molecule has 0 bridgehead atoms. The van der Waals surface area contributed by atoms with Crippen LogP contribution in [0.3, 0.4) is 0 Å². The summed E-state index contributed by atoms with van der Waals surface area (Å²) in [6, 6.07) is 3.79. The average molecular weight is 299 g/mol. The molecule has 0 aliphatic carbocycles. The van der Waals surface area contributed by atoms with E-state index in [9.17, 15) is 0 Å². The second kappa shape index (κ2) is 3.64. The molecule has 1 aromatic carbocycles. The molecule has 0 fully saturated rings. The van der Waals surface area contributed by atoms with Crippen molar-refractivity contribution in [1.29, 1.82) is 0 Å². The summed E-state index contributed by atoms with van der Waals surface area (Å²) in [6.45, 7) is 0.268. The van der Waals surface area contributed by atoms with Gasteiger partial charge in [-0.1, -0.05) is 0 Å². The molecule has 2 N–H and O–H groups in total. The molecule has 1 aliphatic rings. The summed E-state index contributed by atoms with van der Waals surface area (Å²) in [7, 11) is 0. The molecule has 0 spiro atoms. The van der Waals surface area contributed by atoms with E-state index in [1.807, 2.05) is 17.5 Å². The van der Waals surface area contributed by atoms with Gasteiger partial charge in [-0.05, 0) is 28.1 Å². The van der Waals surface area contributed by atoms with E-state index in [1.165, 1.54) is 11.3 Å². The Balaban J connectivity index is 2.14. The number of rotatable bonds is 1. The molecule has 1 aliphatic heterocycles. The number of nitrogens with zero attached hydrogens (tertiary/aromatic N) is 1. The summed E-state index contributed by atoms with van der Waals surface area (Å²) in [5.41, 5.74) is 7.41. The van der Waals surface area contributed by atoms with Gasteiger partial charge in [0.2, 0.25) is 6.79 Å². The van der Waals surface area contributed by atoms with Gasteiger partial charge in [0.05, 0.1) is 5.69 Å². The van der Waals surface area contributed by atoms with Crippen LogP contribution in [0.15, 0.2) is 22.0 Å². The molecule has 16 heavy (non-hydrogen) atoms. The van der Waals surface area contributed by atoms with E-state index >= 15 is 0 Å². The third-order valence-electron chi connectivity index (χ3n) is 2.26. The van der Waals surface area contributed by atoms with Crippen molar-refractivity contribution in [3.63, 3.8) is 0 Å². The fourth-order valence-electron chi connectivity index (χ4n) is 1.52. The van der Waals surface area contributed by atoms with Crippen LogP contribution in [-0.2, 0) is 0 Å². The maximum absolute atomic E-state index is 5.61. The lowest BCUT2D eigenvalue weighted by Gasteiger charge is -2.03. The van der Waals surface area contributed by atoms with E-state index in [2.05, 4.69) is 20.9 Å². The first-order chi connectivity index (χ1) is 7.74. The second-order valence-corrected chi connectivity index (χ2v) is 5.00. The van der Waals surface area contributed by atoms with Crippen molar-refractivity contribution < 1.29 is 9.47 Å². The largest absolute Gasteiger partial charge is 0.454 e. The summed E-state index contributed by atoms with van der Waals surface area (Å²) in [4.78, 5) is 4.24. The third-order valence-corrected chi connectivity index (χ3v) is 3.59. The lowest BCUT2D eigenvalue weighted by molar-refractivity contribution is 0.174. The van der Waals surface area contributed by atoms with Gasteiger partial charge in [-0.15, -0.1) is 11.3 Å². The highest BCUT2D eigenvalue weighted by molar-refractivity contribution is 9.10. The van der Waals surface area contributed by atoms with Gasteiger partial charge in [-0.25, -0.2) is 4.98 Å². The smallest absolute Gasteiger partial charge is 0.231 e. The number of anilines is 1. The fraction of sp³-hybridized carbons (Fsp3) is 0.100. The highest BCUT2D eigenvalue weighted by atomic mass is 79.9. The van der Waals surface area contributed by atoms with E-state index in [4.69, 9.17) is 15.2 Å². The first-order valence-electron chi connectivity index (χ1n) is 4.54. The van der Waals surface area contributed by atoms with Crippen molar-refractivity contribution in [2.45, 2.75) is 0 Å². The molecular formula is C10H7BrN2O2S. The molecule has 3 rings (SSSR count). The molecule has 0 radical (unpaired) electrons. The Labute approximate surface area is 104 Å². The third kappa shape index (κ3) is 1.54. The minimum Gasteiger partial charge on any atom is -0.454 e. The van der Waals surface area contributed by atoms with Crippen LogP contribution in [0.2, 0.25) is 0 Å². The van der Waals surface area contributed by atoms with Gasteiger partial charge in [-0.3, -0.25) is 0 Å². The molecule has 82 valence electrons. The van der Waals surface area contributed by atoms with E-state index < -0.39 is 0 Å². The van der Waals surface area contributed by atoms with Crippen LogP contribution in [0.1, 0.15) is 0 Å². The second-order valence-electron chi connectivity index (χ2n) is 3.26. The molecule has 0 amide bonds. The topological polar surface area (TPSA) is 57.4 Å². The van der Waals surface area contributed by atoms with Crippen molar-refractivity contribution in [2.24, 2.45) is 0 Å². The van der Waals surface area contributed by atoms with Crippen LogP contribution in [0.5, 0.6) is 11.5 Å². The molecule has 1 aromatic heterocycles. The number of hydrogen-bond donors (Lipinski definition) is 1. The van der Waals surface area contributed by atoms with Crippen LogP contribution < -0.4 is 15.2 Å². The Morgan fingerprint density at radius 1 is 1.31 bits per heavy atom. The first kappa shape index (κ1) is 9.92. The standard InChI is InChI=1S/C10H7BrN2O2S/c11-6-2-9-8(14-4-15-9)1-5(6)7-3-16-10(12)13-7/h1-3H,4H2,(H2,12,13). The Hall–Kier alpha value is -1.27. The van der Waals surface area contributed by atoms with E-state index in [-0.39, 0.29) is 6.79 Å². The molecule has 0 saturated carbocycles. The Morgan fingerprint density at radius 2 is 2.06 bits per heavy atom. The summed E-state index contributed by atoms with van der Waals surface area (Å²) in [6.07, 6.45) is 0. The minimum atomic E-state index is 0.268. The maximum Gasteiger partial charge on any atom is 0.231 e. The predicted molar refractivity (Wildman–Crippen MR) is 65.8 cm³/mol. The van der Waals surface area contributed by atoms with Crippen molar-refractivity contribution in [3.8, 4) is 22.8 Å². The van der Waals surface area contributed by atoms with Crippen molar-refractivity contribution >= 4 is 32.4 Å². The fourth-order valence-corrected chi connectivity index (χ4v) is 2.61. The molecule has 2 aromatic rings. The van der Waals surface area contributed by atoms with E-state index in [0.29, 0.717) is 5.13 Å². The maximum atomic E-state index is 5.61. The zero-order valence-electron chi connectivity index (χ0n) is 8.07. The van der Waals surface area contributed by atoms with Crippen molar-refractivity contribution in [2.75, 3.05) is 12.5 Å². The minimum absolute atomic E-state index is 0.268. The van der Waals surface area contributed by atoms with Gasteiger partial charge in [0.15, 0.2) is 16.6 Å². The van der Waals surface area contributed by atoms with Crippen LogP contribution in [0.4, 0.5) is 5.13 Å². The number of thiazole rings is 1. The van der Waals surface area contributed by atoms with Gasteiger partial charge in [0, 0.05) is 15.4 Å². The van der Waals surface area contributed by atoms with Gasteiger partial charge < -0.3 is 15.2 Å². The SMILES string of the molecule is Nc1nc(-c2cc3c(cc2Br)OCO3)cs1. The number of nitrogens with two attached hydrogens (primary N) is 1. The summed E-state index contributed by atoms with van der Waals surface area (Å²) in [5, 5.41) is 2.47. The number of benzene rings is 1. The number of nitrogen functional groups attached to an aromatic ring is 1. The number of aromatic nitrogens is 1. The highest BCUT2D eigenvalue weighted by Crippen LogP contribution is 2.41. The van der Waals surface area contributed by atoms with Gasteiger partial charge in [0.1, 0.15) is 0 Å². The normalized spacial score (nSPS) is 13.1. The summed E-state index contributed by atoms with van der Waals surface area (Å²) in [5.74, 6) is 1.49. The number of hydrogen-bond acceptors (Lipinski definition) is 5. The lowest BCUT2D eigenvalue weighted by atomic mass is 10.1. The zero-order valence-corrected chi connectivity index (χ0v) is 10.5. The number of fused-ring (bicyclic) bond motifs is 1.